The summed E-state index contributed by atoms with van der Waals surface area (Å²) in [7, 11) is 0. The van der Waals surface area contributed by atoms with E-state index in [9.17, 15) is 4.79 Å². The standard InChI is InChI=1S/C17H12BrN3O3/c18-12-6-2-1-5-11(12)9-16-19-15(20-24-16)10-21-13-7-3-4-8-14(13)23-17(21)22/h1-8H,9-10H2. The topological polar surface area (TPSA) is 74.1 Å². The van der Waals surface area contributed by atoms with Crippen molar-refractivity contribution in [3.63, 3.8) is 0 Å². The summed E-state index contributed by atoms with van der Waals surface area (Å²) in [5, 5.41) is 3.96. The molecule has 0 aliphatic rings. The van der Waals surface area contributed by atoms with Crippen molar-refractivity contribution in [1.29, 1.82) is 0 Å². The summed E-state index contributed by atoms with van der Waals surface area (Å²) in [6.07, 6.45) is 0.523. The minimum absolute atomic E-state index is 0.204. The number of oxazole rings is 1. The van der Waals surface area contributed by atoms with Crippen molar-refractivity contribution < 1.29 is 8.94 Å². The Labute approximate surface area is 144 Å². The van der Waals surface area contributed by atoms with Crippen LogP contribution in [0.1, 0.15) is 17.3 Å². The summed E-state index contributed by atoms with van der Waals surface area (Å²) < 4.78 is 13.0. The Morgan fingerprint density at radius 2 is 1.88 bits per heavy atom. The van der Waals surface area contributed by atoms with E-state index in [-0.39, 0.29) is 6.54 Å². The summed E-state index contributed by atoms with van der Waals surface area (Å²) in [6.45, 7) is 0.204. The van der Waals surface area contributed by atoms with E-state index < -0.39 is 5.76 Å². The van der Waals surface area contributed by atoms with Gasteiger partial charge in [0.1, 0.15) is 0 Å². The number of fused-ring (bicyclic) bond motifs is 1. The highest BCUT2D eigenvalue weighted by Gasteiger charge is 2.14. The Hall–Kier alpha value is -2.67. The van der Waals surface area contributed by atoms with Crippen molar-refractivity contribution in [3.05, 3.63) is 80.8 Å². The first kappa shape index (κ1) is 14.9. The third-order valence-corrected chi connectivity index (χ3v) is 4.46. The quantitative estimate of drug-likeness (QED) is 0.538. The maximum Gasteiger partial charge on any atom is 0.420 e. The van der Waals surface area contributed by atoms with Crippen molar-refractivity contribution in [2.45, 2.75) is 13.0 Å². The molecule has 6 nitrogen and oxygen atoms in total. The number of halogens is 1. The molecular formula is C17H12BrN3O3. The van der Waals surface area contributed by atoms with Gasteiger partial charge in [0.2, 0.25) is 5.89 Å². The highest BCUT2D eigenvalue weighted by molar-refractivity contribution is 9.10. The molecule has 24 heavy (non-hydrogen) atoms. The number of nitrogens with zero attached hydrogens (tertiary/aromatic N) is 3. The van der Waals surface area contributed by atoms with E-state index in [0.29, 0.717) is 29.2 Å². The van der Waals surface area contributed by atoms with Crippen LogP contribution >= 0.6 is 15.9 Å². The van der Waals surface area contributed by atoms with Gasteiger partial charge >= 0.3 is 5.76 Å². The van der Waals surface area contributed by atoms with Crippen LogP contribution in [0, 0.1) is 0 Å². The lowest BCUT2D eigenvalue weighted by Gasteiger charge is -1.99. The van der Waals surface area contributed by atoms with Crippen molar-refractivity contribution in [2.24, 2.45) is 0 Å². The average molecular weight is 386 g/mol. The number of aromatic nitrogens is 3. The fourth-order valence-electron chi connectivity index (χ4n) is 2.54. The van der Waals surface area contributed by atoms with Gasteiger partial charge in [-0.05, 0) is 23.8 Å². The van der Waals surface area contributed by atoms with Crippen LogP contribution in [0.25, 0.3) is 11.1 Å². The fraction of sp³-hybridized carbons (Fsp3) is 0.118. The number of hydrogen-bond acceptors (Lipinski definition) is 5. The summed E-state index contributed by atoms with van der Waals surface area (Å²) in [4.78, 5) is 16.4. The molecule has 120 valence electrons. The van der Waals surface area contributed by atoms with Crippen molar-refractivity contribution in [3.8, 4) is 0 Å². The first-order valence-electron chi connectivity index (χ1n) is 7.34. The Morgan fingerprint density at radius 1 is 1.08 bits per heavy atom. The molecule has 0 bridgehead atoms. The Bertz CT molecular complexity index is 1060. The highest BCUT2D eigenvalue weighted by Crippen LogP contribution is 2.19. The first-order chi connectivity index (χ1) is 11.7. The van der Waals surface area contributed by atoms with Crippen LogP contribution in [0.5, 0.6) is 0 Å². The normalized spacial score (nSPS) is 11.2. The zero-order chi connectivity index (χ0) is 16.5. The Kier molecular flexibility index (Phi) is 3.78. The Morgan fingerprint density at radius 3 is 2.75 bits per heavy atom. The van der Waals surface area contributed by atoms with E-state index in [2.05, 4.69) is 26.1 Å². The maximum absolute atomic E-state index is 12.0. The lowest BCUT2D eigenvalue weighted by atomic mass is 10.1. The number of para-hydroxylation sites is 2. The Balaban J connectivity index is 1.60. The number of benzene rings is 2. The van der Waals surface area contributed by atoms with E-state index in [4.69, 9.17) is 8.94 Å². The lowest BCUT2D eigenvalue weighted by Crippen LogP contribution is -2.15. The van der Waals surface area contributed by atoms with Crippen molar-refractivity contribution in [1.82, 2.24) is 14.7 Å². The predicted molar refractivity (Wildman–Crippen MR) is 90.8 cm³/mol. The molecule has 0 amide bonds. The van der Waals surface area contributed by atoms with E-state index in [1.54, 1.807) is 6.07 Å². The van der Waals surface area contributed by atoms with E-state index in [1.807, 2.05) is 42.5 Å². The van der Waals surface area contributed by atoms with Gasteiger partial charge in [0.15, 0.2) is 11.4 Å². The molecule has 0 saturated heterocycles. The SMILES string of the molecule is O=c1oc2ccccc2n1Cc1noc(Cc2ccccc2Br)n1. The van der Waals surface area contributed by atoms with Crippen LogP contribution in [0.15, 0.2) is 66.7 Å². The van der Waals surface area contributed by atoms with Gasteiger partial charge in [-0.1, -0.05) is 51.4 Å². The van der Waals surface area contributed by atoms with Gasteiger partial charge in [-0.2, -0.15) is 4.98 Å². The molecule has 0 aliphatic heterocycles. The molecule has 2 aromatic heterocycles. The van der Waals surface area contributed by atoms with Gasteiger partial charge in [-0.15, -0.1) is 0 Å². The van der Waals surface area contributed by atoms with Gasteiger partial charge in [-0.25, -0.2) is 4.79 Å². The molecule has 7 heteroatoms. The second-order valence-corrected chi connectivity index (χ2v) is 6.15. The molecule has 0 fully saturated rings. The molecule has 2 aromatic carbocycles. The molecule has 2 heterocycles. The molecule has 4 rings (SSSR count). The van der Waals surface area contributed by atoms with E-state index in [0.717, 1.165) is 10.0 Å². The van der Waals surface area contributed by atoms with Crippen LogP contribution in [0.3, 0.4) is 0 Å². The lowest BCUT2D eigenvalue weighted by molar-refractivity contribution is 0.377. The zero-order valence-corrected chi connectivity index (χ0v) is 14.1. The van der Waals surface area contributed by atoms with Crippen LogP contribution in [0.2, 0.25) is 0 Å². The largest absolute Gasteiger partial charge is 0.420 e. The molecule has 0 radical (unpaired) electrons. The predicted octanol–water partition coefficient (Wildman–Crippen LogP) is 3.38. The molecule has 0 aliphatic carbocycles. The second kappa shape index (κ2) is 6.09. The molecule has 0 atom stereocenters. The number of hydrogen-bond donors (Lipinski definition) is 0. The van der Waals surface area contributed by atoms with Gasteiger partial charge < -0.3 is 8.94 Å². The minimum atomic E-state index is -0.437. The van der Waals surface area contributed by atoms with E-state index in [1.165, 1.54) is 4.57 Å². The van der Waals surface area contributed by atoms with Gasteiger partial charge in [0.05, 0.1) is 18.5 Å². The fourth-order valence-corrected chi connectivity index (χ4v) is 2.96. The monoisotopic (exact) mass is 385 g/mol. The van der Waals surface area contributed by atoms with Gasteiger partial charge in [0, 0.05) is 4.47 Å². The zero-order valence-electron chi connectivity index (χ0n) is 12.5. The molecule has 0 N–H and O–H groups in total. The molecule has 4 aromatic rings. The average Bonchev–Trinajstić information content (AvgIpc) is 3.15. The van der Waals surface area contributed by atoms with Crippen LogP contribution in [0.4, 0.5) is 0 Å². The summed E-state index contributed by atoms with van der Waals surface area (Å²) >= 11 is 3.50. The van der Waals surface area contributed by atoms with Crippen LogP contribution in [-0.4, -0.2) is 14.7 Å². The summed E-state index contributed by atoms with van der Waals surface area (Å²) in [5.74, 6) is 0.497. The van der Waals surface area contributed by atoms with Gasteiger partial charge in [-0.3, -0.25) is 4.57 Å². The smallest absolute Gasteiger partial charge is 0.408 e. The summed E-state index contributed by atoms with van der Waals surface area (Å²) in [6, 6.07) is 15.1. The second-order valence-electron chi connectivity index (χ2n) is 5.29. The van der Waals surface area contributed by atoms with Crippen LogP contribution in [-0.2, 0) is 13.0 Å². The minimum Gasteiger partial charge on any atom is -0.408 e. The molecular weight excluding hydrogens is 374 g/mol. The van der Waals surface area contributed by atoms with Crippen LogP contribution < -0.4 is 5.76 Å². The summed E-state index contributed by atoms with van der Waals surface area (Å²) in [5.41, 5.74) is 2.30. The maximum atomic E-state index is 12.0. The van der Waals surface area contributed by atoms with Crippen molar-refractivity contribution >= 4 is 27.0 Å². The molecule has 0 spiro atoms. The third-order valence-electron chi connectivity index (χ3n) is 3.68. The first-order valence-corrected chi connectivity index (χ1v) is 8.13. The highest BCUT2D eigenvalue weighted by atomic mass is 79.9. The van der Waals surface area contributed by atoms with Gasteiger partial charge in [0.25, 0.3) is 0 Å². The van der Waals surface area contributed by atoms with Crippen molar-refractivity contribution in [2.75, 3.05) is 0 Å². The number of rotatable bonds is 4. The van der Waals surface area contributed by atoms with E-state index >= 15 is 0 Å². The molecule has 0 saturated carbocycles. The molecule has 0 unspecified atom stereocenters. The third kappa shape index (κ3) is 2.78.